The van der Waals surface area contributed by atoms with Crippen LogP contribution in [0.2, 0.25) is 0 Å². The minimum atomic E-state index is 0.584. The van der Waals surface area contributed by atoms with E-state index in [9.17, 15) is 0 Å². The highest BCUT2D eigenvalue weighted by Gasteiger charge is 2.53. The monoisotopic (exact) mass is 322 g/mol. The third kappa shape index (κ3) is 1.69. The number of aromatic nitrogens is 2. The summed E-state index contributed by atoms with van der Waals surface area (Å²) in [6.45, 7) is 1.11. The molecular formula is C14H15BrN2S. The largest absolute Gasteiger partial charge is 0.331 e. The fourth-order valence-electron chi connectivity index (χ4n) is 3.16. The van der Waals surface area contributed by atoms with Crippen LogP contribution in [0, 0.1) is 16.1 Å². The molecule has 2 aliphatic carbocycles. The molecule has 2 aromatic rings. The molecule has 0 radical (unpaired) electrons. The average Bonchev–Trinajstić information content (AvgIpc) is 3.20. The molecule has 2 fully saturated rings. The van der Waals surface area contributed by atoms with E-state index in [2.05, 4.69) is 43.7 Å². The summed E-state index contributed by atoms with van der Waals surface area (Å²) < 4.78 is 4.28. The second-order valence-electron chi connectivity index (χ2n) is 5.81. The van der Waals surface area contributed by atoms with Gasteiger partial charge in [0.15, 0.2) is 4.77 Å². The first-order chi connectivity index (χ1) is 8.68. The summed E-state index contributed by atoms with van der Waals surface area (Å²) in [7, 11) is 0. The topological polar surface area (TPSA) is 20.7 Å². The van der Waals surface area contributed by atoms with Gasteiger partial charge in [-0.3, -0.25) is 0 Å². The number of nitrogens with zero attached hydrogens (tertiary/aromatic N) is 1. The second-order valence-corrected chi connectivity index (χ2v) is 7.12. The van der Waals surface area contributed by atoms with Crippen LogP contribution in [-0.4, -0.2) is 9.55 Å². The van der Waals surface area contributed by atoms with Crippen LogP contribution in [0.4, 0.5) is 0 Å². The summed E-state index contributed by atoms with van der Waals surface area (Å²) in [6, 6.07) is 6.37. The Morgan fingerprint density at radius 1 is 1.39 bits per heavy atom. The first-order valence-electron chi connectivity index (χ1n) is 6.56. The van der Waals surface area contributed by atoms with Crippen molar-refractivity contribution < 1.29 is 0 Å². The van der Waals surface area contributed by atoms with E-state index in [0.717, 1.165) is 27.2 Å². The molecule has 2 aliphatic rings. The molecule has 18 heavy (non-hydrogen) atoms. The van der Waals surface area contributed by atoms with Crippen LogP contribution < -0.4 is 0 Å². The predicted molar refractivity (Wildman–Crippen MR) is 79.2 cm³/mol. The van der Waals surface area contributed by atoms with Gasteiger partial charge < -0.3 is 9.55 Å². The van der Waals surface area contributed by atoms with Gasteiger partial charge in [0.2, 0.25) is 0 Å². The lowest BCUT2D eigenvalue weighted by Gasteiger charge is -2.15. The molecule has 1 aromatic heterocycles. The van der Waals surface area contributed by atoms with E-state index in [1.807, 2.05) is 0 Å². The number of fused-ring (bicyclic) bond motifs is 1. The molecule has 0 spiro atoms. The molecule has 2 nitrogen and oxygen atoms in total. The SMILES string of the molecule is S=c1[nH]c2cc(Br)ccc2n1CC1(C2CC2)CC1. The van der Waals surface area contributed by atoms with E-state index >= 15 is 0 Å². The number of nitrogens with one attached hydrogen (secondary N) is 1. The predicted octanol–water partition coefficient (Wildman–Crippen LogP) is 4.65. The summed E-state index contributed by atoms with van der Waals surface area (Å²) in [4.78, 5) is 3.33. The Labute approximate surface area is 120 Å². The number of hydrogen-bond donors (Lipinski definition) is 1. The summed E-state index contributed by atoms with van der Waals surface area (Å²) in [5, 5.41) is 0. The molecule has 1 aromatic carbocycles. The van der Waals surface area contributed by atoms with Gasteiger partial charge in [0, 0.05) is 11.0 Å². The number of rotatable bonds is 3. The Morgan fingerprint density at radius 2 is 2.17 bits per heavy atom. The maximum Gasteiger partial charge on any atom is 0.178 e. The highest BCUT2D eigenvalue weighted by molar-refractivity contribution is 9.10. The molecule has 0 aliphatic heterocycles. The lowest BCUT2D eigenvalue weighted by molar-refractivity contribution is 0.373. The van der Waals surface area contributed by atoms with Crippen molar-refractivity contribution in [2.24, 2.45) is 11.3 Å². The van der Waals surface area contributed by atoms with Gasteiger partial charge in [-0.25, -0.2) is 0 Å². The van der Waals surface area contributed by atoms with Crippen LogP contribution in [0.25, 0.3) is 11.0 Å². The number of hydrogen-bond acceptors (Lipinski definition) is 1. The van der Waals surface area contributed by atoms with E-state index in [-0.39, 0.29) is 0 Å². The van der Waals surface area contributed by atoms with Crippen molar-refractivity contribution in [2.45, 2.75) is 32.2 Å². The maximum atomic E-state index is 5.49. The summed E-state index contributed by atoms with van der Waals surface area (Å²) in [5.41, 5.74) is 2.97. The Morgan fingerprint density at radius 3 is 2.83 bits per heavy atom. The number of halogens is 1. The smallest absolute Gasteiger partial charge is 0.178 e. The molecular weight excluding hydrogens is 308 g/mol. The van der Waals surface area contributed by atoms with E-state index < -0.39 is 0 Å². The lowest BCUT2D eigenvalue weighted by Crippen LogP contribution is -2.13. The first-order valence-corrected chi connectivity index (χ1v) is 7.76. The van der Waals surface area contributed by atoms with E-state index in [1.165, 1.54) is 31.2 Å². The maximum absolute atomic E-state index is 5.49. The number of imidazole rings is 1. The number of aromatic amines is 1. The van der Waals surface area contributed by atoms with Gasteiger partial charge >= 0.3 is 0 Å². The van der Waals surface area contributed by atoms with Crippen LogP contribution in [0.1, 0.15) is 25.7 Å². The van der Waals surface area contributed by atoms with Crippen molar-refractivity contribution in [1.82, 2.24) is 9.55 Å². The molecule has 4 heteroatoms. The van der Waals surface area contributed by atoms with Crippen LogP contribution >= 0.6 is 28.1 Å². The molecule has 2 saturated carbocycles. The molecule has 0 saturated heterocycles. The van der Waals surface area contributed by atoms with Gasteiger partial charge in [0.05, 0.1) is 11.0 Å². The highest BCUT2D eigenvalue weighted by atomic mass is 79.9. The van der Waals surface area contributed by atoms with Crippen molar-refractivity contribution in [3.8, 4) is 0 Å². The van der Waals surface area contributed by atoms with E-state index in [0.29, 0.717) is 5.41 Å². The van der Waals surface area contributed by atoms with Crippen molar-refractivity contribution >= 4 is 39.2 Å². The molecule has 1 N–H and O–H groups in total. The van der Waals surface area contributed by atoms with Crippen molar-refractivity contribution in [1.29, 1.82) is 0 Å². The standard InChI is InChI=1S/C14H15BrN2S/c15-10-3-4-12-11(7-10)16-13(18)17(12)8-14(5-6-14)9-1-2-9/h3-4,7,9H,1-2,5-6,8H2,(H,16,18). The quantitative estimate of drug-likeness (QED) is 0.815. The minimum Gasteiger partial charge on any atom is -0.331 e. The molecule has 1 heterocycles. The van der Waals surface area contributed by atoms with Crippen LogP contribution in [0.15, 0.2) is 22.7 Å². The summed E-state index contributed by atoms with van der Waals surface area (Å²) in [5.74, 6) is 0.972. The number of benzene rings is 1. The Bertz CT molecular complexity index is 677. The van der Waals surface area contributed by atoms with Crippen molar-refractivity contribution in [2.75, 3.05) is 0 Å². The van der Waals surface area contributed by atoms with Gasteiger partial charge in [-0.05, 0) is 67.4 Å². The van der Waals surface area contributed by atoms with Gasteiger partial charge in [0.25, 0.3) is 0 Å². The minimum absolute atomic E-state index is 0.584. The first kappa shape index (κ1) is 11.2. The van der Waals surface area contributed by atoms with E-state index in [4.69, 9.17) is 12.2 Å². The molecule has 0 amide bonds. The summed E-state index contributed by atoms with van der Waals surface area (Å²) in [6.07, 6.45) is 5.65. The van der Waals surface area contributed by atoms with Gasteiger partial charge in [-0.1, -0.05) is 15.9 Å². The van der Waals surface area contributed by atoms with Gasteiger partial charge in [-0.2, -0.15) is 0 Å². The van der Waals surface area contributed by atoms with Gasteiger partial charge in [0.1, 0.15) is 0 Å². The highest BCUT2D eigenvalue weighted by Crippen LogP contribution is 2.62. The molecule has 0 atom stereocenters. The van der Waals surface area contributed by atoms with Crippen LogP contribution in [0.5, 0.6) is 0 Å². The second kappa shape index (κ2) is 3.70. The van der Waals surface area contributed by atoms with Crippen LogP contribution in [0.3, 0.4) is 0 Å². The van der Waals surface area contributed by atoms with E-state index in [1.54, 1.807) is 0 Å². The Hall–Kier alpha value is -0.610. The zero-order chi connectivity index (χ0) is 12.3. The normalized spacial score (nSPS) is 21.4. The third-order valence-corrected chi connectivity index (χ3v) is 5.36. The molecule has 0 bridgehead atoms. The zero-order valence-corrected chi connectivity index (χ0v) is 12.5. The molecule has 0 unspecified atom stereocenters. The van der Waals surface area contributed by atoms with Gasteiger partial charge in [-0.15, -0.1) is 0 Å². The molecule has 94 valence electrons. The fourth-order valence-corrected chi connectivity index (χ4v) is 3.79. The van der Waals surface area contributed by atoms with Crippen molar-refractivity contribution in [3.05, 3.63) is 27.4 Å². The molecule has 4 rings (SSSR count). The average molecular weight is 323 g/mol. The Balaban J connectivity index is 1.80. The summed E-state index contributed by atoms with van der Waals surface area (Å²) >= 11 is 9.00. The zero-order valence-electron chi connectivity index (χ0n) is 10.1. The lowest BCUT2D eigenvalue weighted by atomic mass is 10.0. The number of H-pyrrole nitrogens is 1. The fraction of sp³-hybridized carbons (Fsp3) is 0.500. The third-order valence-electron chi connectivity index (χ3n) is 4.54. The Kier molecular flexibility index (Phi) is 2.31. The van der Waals surface area contributed by atoms with Crippen molar-refractivity contribution in [3.63, 3.8) is 0 Å². The van der Waals surface area contributed by atoms with Crippen LogP contribution in [-0.2, 0) is 6.54 Å².